The molecule has 0 aromatic heterocycles. The van der Waals surface area contributed by atoms with Gasteiger partial charge in [-0.15, -0.1) is 0 Å². The van der Waals surface area contributed by atoms with E-state index in [4.69, 9.17) is 0 Å². The van der Waals surface area contributed by atoms with Gasteiger partial charge in [-0.2, -0.15) is 0 Å². The van der Waals surface area contributed by atoms with E-state index >= 15 is 0 Å². The van der Waals surface area contributed by atoms with Crippen molar-refractivity contribution in [2.75, 3.05) is 20.1 Å². The van der Waals surface area contributed by atoms with Crippen molar-refractivity contribution in [2.24, 2.45) is 0 Å². The number of carbonyl (C=O) groups is 3. The van der Waals surface area contributed by atoms with Gasteiger partial charge in [-0.25, -0.2) is 4.79 Å². The maximum atomic E-state index is 12.0. The molecule has 6 nitrogen and oxygen atoms in total. The van der Waals surface area contributed by atoms with Gasteiger partial charge in [0.1, 0.15) is 12.6 Å². The van der Waals surface area contributed by atoms with Crippen LogP contribution in [0.2, 0.25) is 0 Å². The van der Waals surface area contributed by atoms with Crippen molar-refractivity contribution in [3.8, 4) is 0 Å². The lowest BCUT2D eigenvalue weighted by Gasteiger charge is -2.35. The number of rotatable bonds is 4. The van der Waals surface area contributed by atoms with Crippen molar-refractivity contribution in [3.63, 3.8) is 0 Å². The Morgan fingerprint density at radius 1 is 1.20 bits per heavy atom. The molecule has 1 heterocycles. The van der Waals surface area contributed by atoms with Crippen molar-refractivity contribution < 1.29 is 19.5 Å². The van der Waals surface area contributed by atoms with E-state index in [9.17, 15) is 19.5 Å². The first-order valence-corrected chi connectivity index (χ1v) is 6.29. The lowest BCUT2D eigenvalue weighted by Crippen LogP contribution is -2.58. The molecule has 0 aliphatic carbocycles. The van der Waals surface area contributed by atoms with Crippen LogP contribution in [0.25, 0.3) is 0 Å². The van der Waals surface area contributed by atoms with E-state index in [0.717, 1.165) is 10.5 Å². The number of carboxylic acids is 1. The SMILES string of the molecule is CN1CC(=O)N(C(Cc2ccccc2)C(=O)O)CC1=O. The Bertz CT molecular complexity index is 529. The highest BCUT2D eigenvalue weighted by molar-refractivity contribution is 5.95. The minimum atomic E-state index is -1.10. The third-order valence-electron chi connectivity index (χ3n) is 3.36. The quantitative estimate of drug-likeness (QED) is 0.838. The van der Waals surface area contributed by atoms with Crippen LogP contribution in [0.3, 0.4) is 0 Å². The number of hydrogen-bond acceptors (Lipinski definition) is 3. The van der Waals surface area contributed by atoms with Crippen molar-refractivity contribution in [3.05, 3.63) is 35.9 Å². The largest absolute Gasteiger partial charge is 0.480 e. The molecule has 1 aromatic rings. The van der Waals surface area contributed by atoms with E-state index in [-0.39, 0.29) is 31.3 Å². The van der Waals surface area contributed by atoms with Crippen LogP contribution in [0.4, 0.5) is 0 Å². The molecule has 106 valence electrons. The number of carboxylic acid groups (broad SMARTS) is 1. The summed E-state index contributed by atoms with van der Waals surface area (Å²) < 4.78 is 0. The predicted molar refractivity (Wildman–Crippen MR) is 70.9 cm³/mol. The summed E-state index contributed by atoms with van der Waals surface area (Å²) in [4.78, 5) is 37.5. The number of hydrogen-bond donors (Lipinski definition) is 1. The molecule has 2 amide bonds. The van der Waals surface area contributed by atoms with Crippen LogP contribution in [0.5, 0.6) is 0 Å². The fraction of sp³-hybridized carbons (Fsp3) is 0.357. The maximum absolute atomic E-state index is 12.0. The van der Waals surface area contributed by atoms with E-state index in [1.54, 1.807) is 12.1 Å². The van der Waals surface area contributed by atoms with Gasteiger partial charge in [-0.3, -0.25) is 9.59 Å². The highest BCUT2D eigenvalue weighted by Crippen LogP contribution is 2.13. The van der Waals surface area contributed by atoms with Crippen molar-refractivity contribution in [2.45, 2.75) is 12.5 Å². The first-order valence-electron chi connectivity index (χ1n) is 6.29. The van der Waals surface area contributed by atoms with E-state index in [0.29, 0.717) is 0 Å². The molecule has 1 aromatic carbocycles. The zero-order valence-corrected chi connectivity index (χ0v) is 11.2. The second-order valence-corrected chi connectivity index (χ2v) is 4.82. The number of likely N-dealkylation sites (N-methyl/N-ethyl adjacent to an activating group) is 1. The Morgan fingerprint density at radius 3 is 2.45 bits per heavy atom. The Balaban J connectivity index is 2.18. The van der Waals surface area contributed by atoms with Gasteiger partial charge in [-0.1, -0.05) is 30.3 Å². The minimum absolute atomic E-state index is 0.0720. The summed E-state index contributed by atoms with van der Waals surface area (Å²) in [5.41, 5.74) is 0.819. The number of piperazine rings is 1. The fourth-order valence-electron chi connectivity index (χ4n) is 2.19. The summed E-state index contributed by atoms with van der Waals surface area (Å²) in [6, 6.07) is 8.05. The standard InChI is InChI=1S/C14H16N2O4/c1-15-8-13(18)16(9-12(15)17)11(14(19)20)7-10-5-3-2-4-6-10/h2-6,11H,7-9H2,1H3,(H,19,20). The molecular formula is C14H16N2O4. The summed E-state index contributed by atoms with van der Waals surface area (Å²) in [6.45, 7) is -0.253. The second-order valence-electron chi connectivity index (χ2n) is 4.82. The topological polar surface area (TPSA) is 77.9 Å². The van der Waals surface area contributed by atoms with Crippen LogP contribution < -0.4 is 0 Å². The number of nitrogens with zero attached hydrogens (tertiary/aromatic N) is 2. The Hall–Kier alpha value is -2.37. The van der Waals surface area contributed by atoms with Gasteiger partial charge in [0.25, 0.3) is 0 Å². The Morgan fingerprint density at radius 2 is 1.85 bits per heavy atom. The van der Waals surface area contributed by atoms with Gasteiger partial charge >= 0.3 is 5.97 Å². The summed E-state index contributed by atoms with van der Waals surface area (Å²) in [7, 11) is 1.53. The molecule has 0 saturated carbocycles. The van der Waals surface area contributed by atoms with Crippen molar-refractivity contribution in [1.29, 1.82) is 0 Å². The molecule has 1 unspecified atom stereocenters. The molecule has 0 bridgehead atoms. The van der Waals surface area contributed by atoms with E-state index in [1.165, 1.54) is 11.9 Å². The van der Waals surface area contributed by atoms with Gasteiger partial charge in [-0.05, 0) is 5.56 Å². The molecule has 0 spiro atoms. The van der Waals surface area contributed by atoms with Crippen molar-refractivity contribution >= 4 is 17.8 Å². The second kappa shape index (κ2) is 5.73. The fourth-order valence-corrected chi connectivity index (χ4v) is 2.19. The molecule has 20 heavy (non-hydrogen) atoms. The number of carbonyl (C=O) groups excluding carboxylic acids is 2. The molecule has 1 atom stereocenters. The molecule has 1 aliphatic rings. The maximum Gasteiger partial charge on any atom is 0.326 e. The smallest absolute Gasteiger partial charge is 0.326 e. The minimum Gasteiger partial charge on any atom is -0.480 e. The molecule has 1 N–H and O–H groups in total. The molecule has 1 aliphatic heterocycles. The molecule has 0 radical (unpaired) electrons. The number of benzene rings is 1. The summed E-state index contributed by atoms with van der Waals surface area (Å²) >= 11 is 0. The number of amides is 2. The number of aliphatic carboxylic acids is 1. The first-order chi connectivity index (χ1) is 9.49. The molecule has 1 fully saturated rings. The van der Waals surface area contributed by atoms with Gasteiger partial charge in [0, 0.05) is 13.5 Å². The van der Waals surface area contributed by atoms with Gasteiger partial charge in [0.05, 0.1) is 6.54 Å². The average molecular weight is 276 g/mol. The molecule has 6 heteroatoms. The Labute approximate surface area is 116 Å². The lowest BCUT2D eigenvalue weighted by molar-refractivity contribution is -0.158. The van der Waals surface area contributed by atoms with E-state index < -0.39 is 12.0 Å². The van der Waals surface area contributed by atoms with Crippen LogP contribution in [0.1, 0.15) is 5.56 Å². The van der Waals surface area contributed by atoms with E-state index in [1.807, 2.05) is 18.2 Å². The van der Waals surface area contributed by atoms with Gasteiger partial charge in [0.15, 0.2) is 0 Å². The molecule has 1 saturated heterocycles. The lowest BCUT2D eigenvalue weighted by atomic mass is 10.0. The van der Waals surface area contributed by atoms with Gasteiger partial charge in [0.2, 0.25) is 11.8 Å². The van der Waals surface area contributed by atoms with Crippen LogP contribution in [-0.2, 0) is 20.8 Å². The first kappa shape index (κ1) is 14.0. The summed E-state index contributed by atoms with van der Waals surface area (Å²) in [6.07, 6.45) is 0.193. The van der Waals surface area contributed by atoms with Crippen LogP contribution >= 0.6 is 0 Å². The molecular weight excluding hydrogens is 260 g/mol. The van der Waals surface area contributed by atoms with Gasteiger partial charge < -0.3 is 14.9 Å². The highest BCUT2D eigenvalue weighted by Gasteiger charge is 2.36. The highest BCUT2D eigenvalue weighted by atomic mass is 16.4. The van der Waals surface area contributed by atoms with Crippen LogP contribution in [-0.4, -0.2) is 58.9 Å². The van der Waals surface area contributed by atoms with Crippen LogP contribution in [0.15, 0.2) is 30.3 Å². The van der Waals surface area contributed by atoms with Crippen molar-refractivity contribution in [1.82, 2.24) is 9.80 Å². The normalized spacial score (nSPS) is 17.2. The zero-order valence-electron chi connectivity index (χ0n) is 11.2. The predicted octanol–water partition coefficient (Wildman–Crippen LogP) is -0.0171. The monoisotopic (exact) mass is 276 g/mol. The van der Waals surface area contributed by atoms with Crippen LogP contribution in [0, 0.1) is 0 Å². The molecule has 2 rings (SSSR count). The average Bonchev–Trinajstić information content (AvgIpc) is 2.41. The third kappa shape index (κ3) is 2.96. The third-order valence-corrected chi connectivity index (χ3v) is 3.36. The van der Waals surface area contributed by atoms with E-state index in [2.05, 4.69) is 0 Å². The zero-order chi connectivity index (χ0) is 14.7. The Kier molecular flexibility index (Phi) is 4.02. The summed E-state index contributed by atoms with van der Waals surface area (Å²) in [5.74, 6) is -1.68. The summed E-state index contributed by atoms with van der Waals surface area (Å²) in [5, 5.41) is 9.34.